The van der Waals surface area contributed by atoms with E-state index in [0.29, 0.717) is 12.0 Å². The second-order valence-electron chi connectivity index (χ2n) is 3.04. The fraction of sp³-hybridized carbons (Fsp3) is 0.250. The van der Waals surface area contributed by atoms with Gasteiger partial charge in [-0.1, -0.05) is 43.8 Å². The number of benzene rings is 1. The van der Waals surface area contributed by atoms with Crippen LogP contribution in [0.15, 0.2) is 42.5 Å². The number of allylic oxidation sites excluding steroid dienone is 1. The quantitative estimate of drug-likeness (QED) is 0.641. The van der Waals surface area contributed by atoms with Gasteiger partial charge in [0.2, 0.25) is 0 Å². The third-order valence-corrected chi connectivity index (χ3v) is 2.03. The molecule has 0 fully saturated rings. The molecule has 0 aliphatic rings. The molecule has 0 aliphatic heterocycles. The molecule has 0 bridgehead atoms. The monoisotopic (exact) mass is 174 g/mol. The van der Waals surface area contributed by atoms with Crippen LogP contribution in [0.3, 0.4) is 0 Å². The van der Waals surface area contributed by atoms with E-state index in [1.807, 2.05) is 37.3 Å². The highest BCUT2D eigenvalue weighted by atomic mass is 16.1. The zero-order valence-corrected chi connectivity index (χ0v) is 7.92. The Morgan fingerprint density at radius 3 is 2.46 bits per heavy atom. The Balaban J connectivity index is 2.60. The van der Waals surface area contributed by atoms with Crippen molar-refractivity contribution in [3.05, 3.63) is 48.0 Å². The first-order chi connectivity index (χ1) is 6.24. The second-order valence-corrected chi connectivity index (χ2v) is 3.04. The second kappa shape index (κ2) is 4.61. The zero-order valence-electron chi connectivity index (χ0n) is 7.92. The van der Waals surface area contributed by atoms with Crippen LogP contribution < -0.4 is 0 Å². The zero-order chi connectivity index (χ0) is 9.68. The van der Waals surface area contributed by atoms with E-state index in [2.05, 4.69) is 6.58 Å². The maximum atomic E-state index is 11.4. The first kappa shape index (κ1) is 9.72. The summed E-state index contributed by atoms with van der Waals surface area (Å²) in [6.45, 7) is 5.67. The Labute approximate surface area is 79.1 Å². The predicted octanol–water partition coefficient (Wildman–Crippen LogP) is 2.76. The molecule has 1 aromatic rings. The molecule has 1 rings (SSSR count). The van der Waals surface area contributed by atoms with Crippen molar-refractivity contribution in [2.24, 2.45) is 0 Å². The summed E-state index contributed by atoms with van der Waals surface area (Å²) in [5.41, 5.74) is 1.77. The molecule has 0 spiro atoms. The molecule has 0 N–H and O–H groups in total. The van der Waals surface area contributed by atoms with Gasteiger partial charge in [-0.15, -0.1) is 0 Å². The van der Waals surface area contributed by atoms with Crippen LogP contribution >= 0.6 is 0 Å². The lowest BCUT2D eigenvalue weighted by Gasteiger charge is -2.01. The number of carbonyl (C=O) groups is 1. The molecule has 0 aliphatic carbocycles. The Morgan fingerprint density at radius 2 is 1.92 bits per heavy atom. The number of rotatable bonds is 4. The van der Waals surface area contributed by atoms with Crippen LogP contribution in [-0.2, 0) is 11.2 Å². The molecule has 0 aromatic heterocycles. The molecular formula is C12H14O. The lowest BCUT2D eigenvalue weighted by Crippen LogP contribution is -2.04. The standard InChI is InChI=1S/C12H14O/c1-3-10(2)12(13)9-11-7-5-4-6-8-11/h4-8H,2-3,9H2,1H3. The third kappa shape index (κ3) is 2.86. The SMILES string of the molecule is C=C(CC)C(=O)Cc1ccccc1. The summed E-state index contributed by atoms with van der Waals surface area (Å²) in [5.74, 6) is 0.147. The van der Waals surface area contributed by atoms with E-state index in [1.54, 1.807) is 0 Å². The maximum absolute atomic E-state index is 11.4. The average Bonchev–Trinajstić information content (AvgIpc) is 2.18. The first-order valence-electron chi connectivity index (χ1n) is 4.49. The van der Waals surface area contributed by atoms with Gasteiger partial charge in [0.1, 0.15) is 0 Å². The Kier molecular flexibility index (Phi) is 3.44. The van der Waals surface area contributed by atoms with Gasteiger partial charge in [0, 0.05) is 6.42 Å². The summed E-state index contributed by atoms with van der Waals surface area (Å²) in [7, 11) is 0. The molecule has 0 saturated heterocycles. The molecule has 0 radical (unpaired) electrons. The van der Waals surface area contributed by atoms with Crippen LogP contribution in [0.25, 0.3) is 0 Å². The summed E-state index contributed by atoms with van der Waals surface area (Å²) < 4.78 is 0. The summed E-state index contributed by atoms with van der Waals surface area (Å²) in [6.07, 6.45) is 1.22. The minimum atomic E-state index is 0.147. The molecule has 68 valence electrons. The fourth-order valence-corrected chi connectivity index (χ4v) is 1.10. The van der Waals surface area contributed by atoms with Crippen LogP contribution in [-0.4, -0.2) is 5.78 Å². The number of ketones is 1. The predicted molar refractivity (Wildman–Crippen MR) is 54.6 cm³/mol. The lowest BCUT2D eigenvalue weighted by atomic mass is 10.0. The maximum Gasteiger partial charge on any atom is 0.162 e. The van der Waals surface area contributed by atoms with Gasteiger partial charge in [0.15, 0.2) is 5.78 Å². The van der Waals surface area contributed by atoms with Crippen LogP contribution in [0.2, 0.25) is 0 Å². The Hall–Kier alpha value is -1.37. The van der Waals surface area contributed by atoms with E-state index < -0.39 is 0 Å². The molecule has 0 unspecified atom stereocenters. The van der Waals surface area contributed by atoms with Crippen molar-refractivity contribution in [2.45, 2.75) is 19.8 Å². The largest absolute Gasteiger partial charge is 0.294 e. The van der Waals surface area contributed by atoms with Crippen LogP contribution in [0.1, 0.15) is 18.9 Å². The first-order valence-corrected chi connectivity index (χ1v) is 4.49. The van der Waals surface area contributed by atoms with E-state index in [9.17, 15) is 4.79 Å². The van der Waals surface area contributed by atoms with Gasteiger partial charge in [-0.3, -0.25) is 4.79 Å². The van der Waals surface area contributed by atoms with Crippen LogP contribution in [0, 0.1) is 0 Å². The van der Waals surface area contributed by atoms with Gasteiger partial charge in [-0.25, -0.2) is 0 Å². The highest BCUT2D eigenvalue weighted by molar-refractivity contribution is 5.96. The summed E-state index contributed by atoms with van der Waals surface area (Å²) in [4.78, 5) is 11.4. The molecule has 1 heteroatoms. The molecule has 0 heterocycles. The molecular weight excluding hydrogens is 160 g/mol. The van der Waals surface area contributed by atoms with Crippen molar-refractivity contribution < 1.29 is 4.79 Å². The van der Waals surface area contributed by atoms with Crippen molar-refractivity contribution in [3.8, 4) is 0 Å². The molecule has 0 saturated carbocycles. The summed E-state index contributed by atoms with van der Waals surface area (Å²) >= 11 is 0. The van der Waals surface area contributed by atoms with Gasteiger partial charge < -0.3 is 0 Å². The number of carbonyl (C=O) groups excluding carboxylic acids is 1. The lowest BCUT2D eigenvalue weighted by molar-refractivity contribution is -0.115. The van der Waals surface area contributed by atoms with Gasteiger partial charge in [0.05, 0.1) is 0 Å². The van der Waals surface area contributed by atoms with Gasteiger partial charge in [0.25, 0.3) is 0 Å². The molecule has 1 nitrogen and oxygen atoms in total. The van der Waals surface area contributed by atoms with Crippen LogP contribution in [0.4, 0.5) is 0 Å². The summed E-state index contributed by atoms with van der Waals surface area (Å²) in [5, 5.41) is 0. The topological polar surface area (TPSA) is 17.1 Å². The van der Waals surface area contributed by atoms with Crippen molar-refractivity contribution >= 4 is 5.78 Å². The fourth-order valence-electron chi connectivity index (χ4n) is 1.10. The Bertz CT molecular complexity index is 298. The Morgan fingerprint density at radius 1 is 1.31 bits per heavy atom. The minimum absolute atomic E-state index is 0.147. The highest BCUT2D eigenvalue weighted by Crippen LogP contribution is 2.06. The number of hydrogen-bond donors (Lipinski definition) is 0. The molecule has 0 amide bonds. The van der Waals surface area contributed by atoms with Gasteiger partial charge in [-0.2, -0.15) is 0 Å². The normalized spacial score (nSPS) is 9.62. The van der Waals surface area contributed by atoms with Crippen LogP contribution in [0.5, 0.6) is 0 Å². The minimum Gasteiger partial charge on any atom is -0.294 e. The highest BCUT2D eigenvalue weighted by Gasteiger charge is 2.05. The van der Waals surface area contributed by atoms with Gasteiger partial charge >= 0.3 is 0 Å². The molecule has 1 aromatic carbocycles. The molecule has 0 atom stereocenters. The molecule has 13 heavy (non-hydrogen) atoms. The van der Waals surface area contributed by atoms with E-state index >= 15 is 0 Å². The van der Waals surface area contributed by atoms with Crippen molar-refractivity contribution in [2.75, 3.05) is 0 Å². The van der Waals surface area contributed by atoms with E-state index in [1.165, 1.54) is 0 Å². The number of Topliss-reactive ketones (excluding diaryl/α,β-unsaturated/α-hetero) is 1. The smallest absolute Gasteiger partial charge is 0.162 e. The number of hydrogen-bond acceptors (Lipinski definition) is 1. The van der Waals surface area contributed by atoms with Crippen molar-refractivity contribution in [3.63, 3.8) is 0 Å². The third-order valence-electron chi connectivity index (χ3n) is 2.03. The average molecular weight is 174 g/mol. The van der Waals surface area contributed by atoms with E-state index in [-0.39, 0.29) is 5.78 Å². The van der Waals surface area contributed by atoms with Gasteiger partial charge in [-0.05, 0) is 17.6 Å². The van der Waals surface area contributed by atoms with Crippen molar-refractivity contribution in [1.29, 1.82) is 0 Å². The summed E-state index contributed by atoms with van der Waals surface area (Å²) in [6, 6.07) is 9.75. The van der Waals surface area contributed by atoms with E-state index in [0.717, 1.165) is 12.0 Å². The van der Waals surface area contributed by atoms with Crippen molar-refractivity contribution in [1.82, 2.24) is 0 Å². The van der Waals surface area contributed by atoms with E-state index in [4.69, 9.17) is 0 Å².